The van der Waals surface area contributed by atoms with E-state index >= 15 is 0 Å². The Morgan fingerprint density at radius 1 is 1.26 bits per heavy atom. The Labute approximate surface area is 141 Å². The lowest BCUT2D eigenvalue weighted by Gasteiger charge is -2.14. The van der Waals surface area contributed by atoms with E-state index in [0.717, 1.165) is 28.7 Å². The number of aromatic amines is 1. The molecule has 0 atom stereocenters. The van der Waals surface area contributed by atoms with Crippen molar-refractivity contribution < 1.29 is 9.59 Å². The van der Waals surface area contributed by atoms with E-state index in [2.05, 4.69) is 42.1 Å². The summed E-state index contributed by atoms with van der Waals surface area (Å²) in [7, 11) is 0. The number of amides is 2. The molecule has 7 nitrogen and oxygen atoms in total. The van der Waals surface area contributed by atoms with Crippen LogP contribution in [0.25, 0.3) is 0 Å². The molecule has 2 aromatic rings. The van der Waals surface area contributed by atoms with Gasteiger partial charge in [0, 0.05) is 42.2 Å². The van der Waals surface area contributed by atoms with Crippen LogP contribution in [0.3, 0.4) is 0 Å². The van der Waals surface area contributed by atoms with Gasteiger partial charge in [-0.2, -0.15) is 5.10 Å². The van der Waals surface area contributed by atoms with Crippen molar-refractivity contribution in [2.75, 3.05) is 17.2 Å². The number of rotatable bonds is 3. The highest BCUT2D eigenvalue weighted by molar-refractivity contribution is 9.10. The van der Waals surface area contributed by atoms with Gasteiger partial charge in [-0.3, -0.25) is 14.7 Å². The number of hydrogen-bond acceptors (Lipinski definition) is 4. The maximum absolute atomic E-state index is 12.5. The first-order valence-electron chi connectivity index (χ1n) is 7.20. The van der Waals surface area contributed by atoms with Crippen LogP contribution in [0.15, 0.2) is 22.7 Å². The number of nitrogens with one attached hydrogen (secondary N) is 4. The zero-order valence-electron chi connectivity index (χ0n) is 12.5. The summed E-state index contributed by atoms with van der Waals surface area (Å²) in [5.74, 6) is -0.514. The lowest BCUT2D eigenvalue weighted by atomic mass is 10.1. The topological polar surface area (TPSA) is 98.9 Å². The van der Waals surface area contributed by atoms with Gasteiger partial charge < -0.3 is 16.0 Å². The summed E-state index contributed by atoms with van der Waals surface area (Å²) in [4.78, 5) is 23.8. The van der Waals surface area contributed by atoms with Gasteiger partial charge in [-0.05, 0) is 18.2 Å². The summed E-state index contributed by atoms with van der Waals surface area (Å²) in [5.41, 5.74) is 3.31. The van der Waals surface area contributed by atoms with Gasteiger partial charge in [-0.25, -0.2) is 0 Å². The third kappa shape index (κ3) is 3.43. The van der Waals surface area contributed by atoms with Crippen LogP contribution in [-0.4, -0.2) is 28.6 Å². The lowest BCUT2D eigenvalue weighted by Crippen LogP contribution is -2.25. The van der Waals surface area contributed by atoms with E-state index in [1.165, 1.54) is 6.92 Å². The first-order chi connectivity index (χ1) is 11.0. The van der Waals surface area contributed by atoms with Crippen LogP contribution in [0.2, 0.25) is 0 Å². The molecule has 1 aromatic heterocycles. The Morgan fingerprint density at radius 3 is 2.87 bits per heavy atom. The highest BCUT2D eigenvalue weighted by Gasteiger charge is 2.22. The predicted molar refractivity (Wildman–Crippen MR) is 90.4 cm³/mol. The van der Waals surface area contributed by atoms with Crippen LogP contribution in [0.4, 0.5) is 11.4 Å². The molecule has 1 aliphatic rings. The Hall–Kier alpha value is -2.19. The number of H-pyrrole nitrogens is 1. The van der Waals surface area contributed by atoms with E-state index in [1.807, 2.05) is 0 Å². The second-order valence-corrected chi connectivity index (χ2v) is 6.20. The van der Waals surface area contributed by atoms with Gasteiger partial charge in [-0.1, -0.05) is 15.9 Å². The molecule has 3 rings (SSSR count). The third-order valence-electron chi connectivity index (χ3n) is 3.56. The fourth-order valence-corrected chi connectivity index (χ4v) is 2.87. The number of anilines is 2. The Balaban J connectivity index is 1.87. The molecule has 1 aromatic carbocycles. The highest BCUT2D eigenvalue weighted by Crippen LogP contribution is 2.27. The minimum atomic E-state index is -0.309. The summed E-state index contributed by atoms with van der Waals surface area (Å²) in [6, 6.07) is 5.25. The van der Waals surface area contributed by atoms with Crippen LogP contribution in [-0.2, 0) is 17.8 Å². The monoisotopic (exact) mass is 377 g/mol. The Kier molecular flexibility index (Phi) is 4.44. The first kappa shape index (κ1) is 15.7. The molecule has 0 bridgehead atoms. The van der Waals surface area contributed by atoms with Crippen molar-refractivity contribution in [3.8, 4) is 0 Å². The number of fused-ring (bicyclic) bond motifs is 1. The number of carbonyl (C=O) groups excluding carboxylic acids is 2. The van der Waals surface area contributed by atoms with E-state index in [-0.39, 0.29) is 11.8 Å². The largest absolute Gasteiger partial charge is 0.325 e. The molecule has 4 N–H and O–H groups in total. The van der Waals surface area contributed by atoms with Gasteiger partial charge >= 0.3 is 0 Å². The SMILES string of the molecule is CC(=O)Nc1ccc(Br)cc1NC(=O)c1n[nH]c2c1CNCC2. The first-order valence-corrected chi connectivity index (χ1v) is 7.99. The van der Waals surface area contributed by atoms with E-state index in [0.29, 0.717) is 23.6 Å². The molecule has 1 aliphatic heterocycles. The van der Waals surface area contributed by atoms with Gasteiger partial charge in [-0.15, -0.1) is 0 Å². The van der Waals surface area contributed by atoms with Crippen molar-refractivity contribution in [2.24, 2.45) is 0 Å². The smallest absolute Gasteiger partial charge is 0.276 e. The molecular formula is C15H16BrN5O2. The number of carbonyl (C=O) groups is 2. The molecule has 0 radical (unpaired) electrons. The number of nitrogens with zero attached hydrogens (tertiary/aromatic N) is 1. The van der Waals surface area contributed by atoms with Crippen LogP contribution >= 0.6 is 15.9 Å². The minimum Gasteiger partial charge on any atom is -0.325 e. The van der Waals surface area contributed by atoms with Crippen LogP contribution in [0, 0.1) is 0 Å². The summed E-state index contributed by atoms with van der Waals surface area (Å²) in [6.45, 7) is 2.91. The number of aromatic nitrogens is 2. The molecule has 120 valence electrons. The van der Waals surface area contributed by atoms with Crippen LogP contribution < -0.4 is 16.0 Å². The van der Waals surface area contributed by atoms with Crippen molar-refractivity contribution >= 4 is 39.1 Å². The summed E-state index contributed by atoms with van der Waals surface area (Å²) < 4.78 is 0.799. The maximum Gasteiger partial charge on any atom is 0.276 e. The van der Waals surface area contributed by atoms with E-state index in [1.54, 1.807) is 18.2 Å². The average Bonchev–Trinajstić information content (AvgIpc) is 2.93. The van der Waals surface area contributed by atoms with Crippen molar-refractivity contribution in [3.05, 3.63) is 39.6 Å². The molecule has 0 saturated carbocycles. The molecule has 8 heteroatoms. The maximum atomic E-state index is 12.5. The van der Waals surface area contributed by atoms with Crippen molar-refractivity contribution in [2.45, 2.75) is 19.9 Å². The fraction of sp³-hybridized carbons (Fsp3) is 0.267. The summed E-state index contributed by atoms with van der Waals surface area (Å²) >= 11 is 3.37. The van der Waals surface area contributed by atoms with Gasteiger partial charge in [0.15, 0.2) is 5.69 Å². The molecule has 0 fully saturated rings. The standard InChI is InChI=1S/C15H16BrN5O2/c1-8(22)18-12-3-2-9(16)6-13(12)19-15(23)14-10-7-17-5-4-11(10)20-21-14/h2-3,6,17H,4-5,7H2,1H3,(H,18,22)(H,19,23)(H,20,21). The molecule has 0 saturated heterocycles. The molecule has 0 spiro atoms. The minimum absolute atomic E-state index is 0.204. The van der Waals surface area contributed by atoms with Gasteiger partial charge in [0.25, 0.3) is 5.91 Å². The molecular weight excluding hydrogens is 362 g/mol. The van der Waals surface area contributed by atoms with E-state index < -0.39 is 0 Å². The molecule has 2 heterocycles. The van der Waals surface area contributed by atoms with Crippen LogP contribution in [0.1, 0.15) is 28.7 Å². The highest BCUT2D eigenvalue weighted by atomic mass is 79.9. The molecule has 0 unspecified atom stereocenters. The van der Waals surface area contributed by atoms with Gasteiger partial charge in [0.05, 0.1) is 11.4 Å². The van der Waals surface area contributed by atoms with E-state index in [4.69, 9.17) is 0 Å². The molecule has 2 amide bonds. The zero-order valence-corrected chi connectivity index (χ0v) is 14.1. The molecule has 23 heavy (non-hydrogen) atoms. The van der Waals surface area contributed by atoms with Gasteiger partial charge in [0.2, 0.25) is 5.91 Å². The Bertz CT molecular complexity index is 771. The fourth-order valence-electron chi connectivity index (χ4n) is 2.51. The second kappa shape index (κ2) is 6.51. The molecule has 0 aliphatic carbocycles. The van der Waals surface area contributed by atoms with Crippen LogP contribution in [0.5, 0.6) is 0 Å². The van der Waals surface area contributed by atoms with Crippen molar-refractivity contribution in [1.82, 2.24) is 15.5 Å². The van der Waals surface area contributed by atoms with Crippen molar-refractivity contribution in [1.29, 1.82) is 0 Å². The number of halogens is 1. The third-order valence-corrected chi connectivity index (χ3v) is 4.06. The number of hydrogen-bond donors (Lipinski definition) is 4. The normalized spacial score (nSPS) is 13.3. The van der Waals surface area contributed by atoms with E-state index in [9.17, 15) is 9.59 Å². The zero-order chi connectivity index (χ0) is 16.4. The number of benzene rings is 1. The quantitative estimate of drug-likeness (QED) is 0.657. The summed E-state index contributed by atoms with van der Waals surface area (Å²) in [6.07, 6.45) is 0.823. The predicted octanol–water partition coefficient (Wildman–Crippen LogP) is 2.03. The summed E-state index contributed by atoms with van der Waals surface area (Å²) in [5, 5.41) is 15.8. The Morgan fingerprint density at radius 2 is 2.09 bits per heavy atom. The lowest BCUT2D eigenvalue weighted by molar-refractivity contribution is -0.114. The average molecular weight is 378 g/mol. The van der Waals surface area contributed by atoms with Crippen molar-refractivity contribution in [3.63, 3.8) is 0 Å². The van der Waals surface area contributed by atoms with Gasteiger partial charge in [0.1, 0.15) is 0 Å². The second-order valence-electron chi connectivity index (χ2n) is 5.28.